The second-order valence-electron chi connectivity index (χ2n) is 3.38. The monoisotopic (exact) mass is 163 g/mol. The topological polar surface area (TPSA) is 46.2 Å². The van der Waals surface area contributed by atoms with Crippen molar-refractivity contribution in [2.75, 3.05) is 12.3 Å². The SMILES string of the molecule is Nc1ccc2c(c1)C(CO)CC2. The van der Waals surface area contributed by atoms with Crippen molar-refractivity contribution in [2.45, 2.75) is 18.8 Å². The van der Waals surface area contributed by atoms with Crippen LogP contribution in [0.2, 0.25) is 0 Å². The van der Waals surface area contributed by atoms with Gasteiger partial charge in [-0.15, -0.1) is 0 Å². The first-order chi connectivity index (χ1) is 5.81. The summed E-state index contributed by atoms with van der Waals surface area (Å²) in [5.74, 6) is 0.323. The summed E-state index contributed by atoms with van der Waals surface area (Å²) in [7, 11) is 0. The molecule has 0 bridgehead atoms. The van der Waals surface area contributed by atoms with Crippen LogP contribution < -0.4 is 5.73 Å². The Morgan fingerprint density at radius 2 is 2.33 bits per heavy atom. The first kappa shape index (κ1) is 7.62. The van der Waals surface area contributed by atoms with Crippen LogP contribution in [0.1, 0.15) is 23.5 Å². The van der Waals surface area contributed by atoms with Gasteiger partial charge in [-0.05, 0) is 36.1 Å². The van der Waals surface area contributed by atoms with Gasteiger partial charge < -0.3 is 10.8 Å². The van der Waals surface area contributed by atoms with E-state index in [1.165, 1.54) is 11.1 Å². The fourth-order valence-electron chi connectivity index (χ4n) is 1.90. The Balaban J connectivity index is 2.42. The normalized spacial score (nSPS) is 20.9. The number of fused-ring (bicyclic) bond motifs is 1. The number of hydrogen-bond donors (Lipinski definition) is 2. The van der Waals surface area contributed by atoms with E-state index in [1.807, 2.05) is 12.1 Å². The van der Waals surface area contributed by atoms with Gasteiger partial charge in [-0.2, -0.15) is 0 Å². The van der Waals surface area contributed by atoms with Crippen molar-refractivity contribution in [1.82, 2.24) is 0 Å². The highest BCUT2D eigenvalue weighted by molar-refractivity contribution is 5.48. The van der Waals surface area contributed by atoms with E-state index in [2.05, 4.69) is 6.07 Å². The summed E-state index contributed by atoms with van der Waals surface area (Å²) in [5, 5.41) is 9.06. The van der Waals surface area contributed by atoms with E-state index in [4.69, 9.17) is 10.8 Å². The quantitative estimate of drug-likeness (QED) is 0.613. The van der Waals surface area contributed by atoms with Gasteiger partial charge in [0, 0.05) is 18.2 Å². The zero-order valence-electron chi connectivity index (χ0n) is 6.96. The second-order valence-corrected chi connectivity index (χ2v) is 3.38. The van der Waals surface area contributed by atoms with Crippen molar-refractivity contribution in [1.29, 1.82) is 0 Å². The molecule has 0 aliphatic heterocycles. The molecule has 0 spiro atoms. The lowest BCUT2D eigenvalue weighted by molar-refractivity contribution is 0.265. The molecule has 2 heteroatoms. The maximum atomic E-state index is 9.06. The molecular weight excluding hydrogens is 150 g/mol. The zero-order valence-corrected chi connectivity index (χ0v) is 6.96. The first-order valence-electron chi connectivity index (χ1n) is 4.30. The van der Waals surface area contributed by atoms with Crippen LogP contribution in [0.4, 0.5) is 5.69 Å². The van der Waals surface area contributed by atoms with E-state index in [1.54, 1.807) is 0 Å². The minimum Gasteiger partial charge on any atom is -0.399 e. The summed E-state index contributed by atoms with van der Waals surface area (Å²) in [6, 6.07) is 5.99. The Morgan fingerprint density at radius 1 is 1.50 bits per heavy atom. The van der Waals surface area contributed by atoms with Gasteiger partial charge in [0.15, 0.2) is 0 Å². The molecule has 1 aromatic rings. The molecule has 12 heavy (non-hydrogen) atoms. The summed E-state index contributed by atoms with van der Waals surface area (Å²) < 4.78 is 0. The smallest absolute Gasteiger partial charge is 0.0499 e. The predicted molar refractivity (Wildman–Crippen MR) is 49.0 cm³/mol. The Hall–Kier alpha value is -1.02. The standard InChI is InChI=1S/C10H13NO/c11-9-4-3-7-1-2-8(6-12)10(7)5-9/h3-5,8,12H,1-2,6,11H2. The Bertz CT molecular complexity index is 296. The van der Waals surface area contributed by atoms with Crippen molar-refractivity contribution >= 4 is 5.69 Å². The third-order valence-electron chi connectivity index (χ3n) is 2.59. The number of nitrogens with two attached hydrogens (primary N) is 1. The Morgan fingerprint density at radius 3 is 3.08 bits per heavy atom. The van der Waals surface area contributed by atoms with Gasteiger partial charge in [-0.3, -0.25) is 0 Å². The number of benzene rings is 1. The largest absolute Gasteiger partial charge is 0.399 e. The van der Waals surface area contributed by atoms with E-state index >= 15 is 0 Å². The molecule has 2 nitrogen and oxygen atoms in total. The molecule has 0 amide bonds. The van der Waals surface area contributed by atoms with Gasteiger partial charge in [0.25, 0.3) is 0 Å². The molecule has 1 aromatic carbocycles. The highest BCUT2D eigenvalue weighted by atomic mass is 16.3. The minimum absolute atomic E-state index is 0.246. The van der Waals surface area contributed by atoms with Crippen LogP contribution in [0.3, 0.4) is 0 Å². The van der Waals surface area contributed by atoms with E-state index in [0.717, 1.165) is 18.5 Å². The molecule has 0 saturated carbocycles. The van der Waals surface area contributed by atoms with E-state index < -0.39 is 0 Å². The van der Waals surface area contributed by atoms with Crippen LogP contribution in [0, 0.1) is 0 Å². The number of hydrogen-bond acceptors (Lipinski definition) is 2. The molecule has 1 atom stereocenters. The number of anilines is 1. The fraction of sp³-hybridized carbons (Fsp3) is 0.400. The maximum absolute atomic E-state index is 9.06. The molecule has 0 heterocycles. The third kappa shape index (κ3) is 1.08. The molecule has 64 valence electrons. The van der Waals surface area contributed by atoms with Crippen LogP contribution in [0.15, 0.2) is 18.2 Å². The molecule has 3 N–H and O–H groups in total. The van der Waals surface area contributed by atoms with Crippen LogP contribution in [0.5, 0.6) is 0 Å². The molecule has 1 aliphatic rings. The lowest BCUT2D eigenvalue weighted by Gasteiger charge is -2.07. The summed E-state index contributed by atoms with van der Waals surface area (Å²) in [5.41, 5.74) is 9.06. The van der Waals surface area contributed by atoms with Gasteiger partial charge in [0.1, 0.15) is 0 Å². The lowest BCUT2D eigenvalue weighted by Crippen LogP contribution is -1.99. The number of aliphatic hydroxyl groups excluding tert-OH is 1. The second kappa shape index (κ2) is 2.79. The van der Waals surface area contributed by atoms with Crippen LogP contribution in [0.25, 0.3) is 0 Å². The molecule has 0 aromatic heterocycles. The number of aliphatic hydroxyl groups is 1. The summed E-state index contributed by atoms with van der Waals surface area (Å²) in [6.45, 7) is 0.246. The molecular formula is C10H13NO. The lowest BCUT2D eigenvalue weighted by atomic mass is 10.0. The van der Waals surface area contributed by atoms with Gasteiger partial charge in [-0.1, -0.05) is 6.07 Å². The fourth-order valence-corrected chi connectivity index (χ4v) is 1.90. The molecule has 1 aliphatic carbocycles. The van der Waals surface area contributed by atoms with E-state index in [0.29, 0.717) is 5.92 Å². The Kier molecular flexibility index (Phi) is 1.77. The van der Waals surface area contributed by atoms with Crippen molar-refractivity contribution in [3.8, 4) is 0 Å². The van der Waals surface area contributed by atoms with E-state index in [-0.39, 0.29) is 6.61 Å². The van der Waals surface area contributed by atoms with Gasteiger partial charge in [0.05, 0.1) is 0 Å². The highest BCUT2D eigenvalue weighted by Gasteiger charge is 2.21. The van der Waals surface area contributed by atoms with E-state index in [9.17, 15) is 0 Å². The highest BCUT2D eigenvalue weighted by Crippen LogP contribution is 2.33. The van der Waals surface area contributed by atoms with Crippen LogP contribution in [-0.4, -0.2) is 11.7 Å². The van der Waals surface area contributed by atoms with Crippen LogP contribution in [-0.2, 0) is 6.42 Å². The third-order valence-corrected chi connectivity index (χ3v) is 2.59. The zero-order chi connectivity index (χ0) is 8.55. The summed E-state index contributed by atoms with van der Waals surface area (Å²) in [6.07, 6.45) is 2.15. The van der Waals surface area contributed by atoms with Gasteiger partial charge in [0.2, 0.25) is 0 Å². The number of nitrogen functional groups attached to an aromatic ring is 1. The van der Waals surface area contributed by atoms with Crippen molar-refractivity contribution < 1.29 is 5.11 Å². The number of rotatable bonds is 1. The molecule has 2 rings (SSSR count). The van der Waals surface area contributed by atoms with Crippen molar-refractivity contribution in [3.05, 3.63) is 29.3 Å². The number of aryl methyl sites for hydroxylation is 1. The first-order valence-corrected chi connectivity index (χ1v) is 4.30. The average molecular weight is 163 g/mol. The summed E-state index contributed by atoms with van der Waals surface area (Å²) in [4.78, 5) is 0. The Labute approximate surface area is 72.0 Å². The van der Waals surface area contributed by atoms with Crippen LogP contribution >= 0.6 is 0 Å². The minimum atomic E-state index is 0.246. The average Bonchev–Trinajstić information content (AvgIpc) is 2.46. The molecule has 1 unspecified atom stereocenters. The van der Waals surface area contributed by atoms with Crippen molar-refractivity contribution in [2.24, 2.45) is 0 Å². The maximum Gasteiger partial charge on any atom is 0.0499 e. The molecule has 0 fully saturated rings. The molecule has 0 radical (unpaired) electrons. The van der Waals surface area contributed by atoms with Gasteiger partial charge >= 0.3 is 0 Å². The molecule has 0 saturated heterocycles. The predicted octanol–water partition coefficient (Wildman–Crippen LogP) is 1.29. The van der Waals surface area contributed by atoms with Gasteiger partial charge in [-0.25, -0.2) is 0 Å². The summed E-state index contributed by atoms with van der Waals surface area (Å²) >= 11 is 0. The van der Waals surface area contributed by atoms with Crippen molar-refractivity contribution in [3.63, 3.8) is 0 Å².